The summed E-state index contributed by atoms with van der Waals surface area (Å²) in [6, 6.07) is 10.2. The van der Waals surface area contributed by atoms with Gasteiger partial charge in [0, 0.05) is 47.0 Å². The molecule has 0 atom stereocenters. The number of para-hydroxylation sites is 1. The molecule has 0 spiro atoms. The Bertz CT molecular complexity index is 1340. The molecule has 2 aromatic carbocycles. The number of aromatic nitrogens is 1. The normalized spacial score (nSPS) is 12.1. The second-order valence-electron chi connectivity index (χ2n) is 8.01. The summed E-state index contributed by atoms with van der Waals surface area (Å²) in [5, 5.41) is 8.17. The van der Waals surface area contributed by atoms with Gasteiger partial charge in [-0.1, -0.05) is 29.8 Å². The van der Waals surface area contributed by atoms with Gasteiger partial charge in [0.25, 0.3) is 0 Å². The molecule has 0 saturated heterocycles. The summed E-state index contributed by atoms with van der Waals surface area (Å²) in [5.41, 5.74) is -3.18. The number of hydrogen-bond donors (Lipinski definition) is 3. The maximum absolute atomic E-state index is 13.3. The fourth-order valence-electron chi connectivity index (χ4n) is 3.41. The molecule has 2 amide bonds. The van der Waals surface area contributed by atoms with Gasteiger partial charge in [0.15, 0.2) is 0 Å². The lowest BCUT2D eigenvalue weighted by Crippen LogP contribution is -2.23. The highest BCUT2D eigenvalue weighted by atomic mass is 35.5. The van der Waals surface area contributed by atoms with Crippen LogP contribution in [-0.4, -0.2) is 29.9 Å². The van der Waals surface area contributed by atoms with Crippen LogP contribution >= 0.6 is 11.6 Å². The fraction of sp³-hybridized carbons (Fsp3) is 0.240. The predicted octanol–water partition coefficient (Wildman–Crippen LogP) is 6.43. The Hall–Kier alpha value is -3.80. The first-order valence-corrected chi connectivity index (χ1v) is 11.6. The quantitative estimate of drug-likeness (QED) is 0.161. The summed E-state index contributed by atoms with van der Waals surface area (Å²) in [4.78, 5) is 27.0. The van der Waals surface area contributed by atoms with Crippen LogP contribution in [0.1, 0.15) is 24.1 Å². The predicted molar refractivity (Wildman–Crippen MR) is 132 cm³/mol. The molecule has 0 bridgehead atoms. The number of rotatable bonds is 9. The lowest BCUT2D eigenvalue weighted by Gasteiger charge is -2.16. The summed E-state index contributed by atoms with van der Waals surface area (Å²) < 4.78 is 79.9. The van der Waals surface area contributed by atoms with Crippen molar-refractivity contribution >= 4 is 45.7 Å². The Balaban J connectivity index is 1.52. The first-order chi connectivity index (χ1) is 17.8. The Kier molecular flexibility index (Phi) is 9.21. The van der Waals surface area contributed by atoms with E-state index in [1.54, 1.807) is 18.2 Å². The smallest absolute Gasteiger partial charge is 0.384 e. The van der Waals surface area contributed by atoms with Gasteiger partial charge < -0.3 is 16.0 Å². The van der Waals surface area contributed by atoms with Gasteiger partial charge in [0.1, 0.15) is 5.69 Å². The number of nitrogens with zero attached hydrogens (tertiary/aromatic N) is 1. The maximum Gasteiger partial charge on any atom is 0.433 e. The van der Waals surface area contributed by atoms with Gasteiger partial charge in [-0.25, -0.2) is 4.98 Å². The number of hydrogen-bond acceptors (Lipinski definition) is 4. The van der Waals surface area contributed by atoms with Crippen molar-refractivity contribution in [1.82, 2.24) is 10.3 Å². The van der Waals surface area contributed by atoms with Crippen LogP contribution in [0.5, 0.6) is 0 Å². The SMILES string of the molecule is O=C(/C=C/C(=O)Nc1cccc(Cl)c1)NCCCCNc1cc(C(F)(F)F)nc2c(C(F)(F)F)cccc12. The molecule has 0 aliphatic rings. The number of alkyl halides is 6. The summed E-state index contributed by atoms with van der Waals surface area (Å²) in [6.07, 6.45) is -6.95. The molecule has 0 aliphatic carbocycles. The number of pyridine rings is 1. The Morgan fingerprint density at radius 1 is 0.868 bits per heavy atom. The molecule has 13 heteroatoms. The third kappa shape index (κ3) is 8.10. The summed E-state index contributed by atoms with van der Waals surface area (Å²) in [6.45, 7) is 0.324. The van der Waals surface area contributed by atoms with Gasteiger partial charge in [-0.2, -0.15) is 26.3 Å². The van der Waals surface area contributed by atoms with Crippen molar-refractivity contribution in [3.05, 3.63) is 77.0 Å². The number of fused-ring (bicyclic) bond motifs is 1. The molecule has 3 rings (SSSR count). The van der Waals surface area contributed by atoms with Crippen molar-refractivity contribution in [2.24, 2.45) is 0 Å². The van der Waals surface area contributed by atoms with Crippen molar-refractivity contribution in [3.8, 4) is 0 Å². The van der Waals surface area contributed by atoms with Crippen LogP contribution in [-0.2, 0) is 21.9 Å². The van der Waals surface area contributed by atoms with E-state index in [9.17, 15) is 35.9 Å². The monoisotopic (exact) mass is 558 g/mol. The minimum absolute atomic E-state index is 0.0951. The van der Waals surface area contributed by atoms with Crippen molar-refractivity contribution in [3.63, 3.8) is 0 Å². The van der Waals surface area contributed by atoms with E-state index in [4.69, 9.17) is 11.6 Å². The number of carbonyl (C=O) groups is 2. The van der Waals surface area contributed by atoms with Crippen molar-refractivity contribution < 1.29 is 35.9 Å². The van der Waals surface area contributed by atoms with E-state index in [1.165, 1.54) is 12.1 Å². The van der Waals surface area contributed by atoms with Crippen LogP contribution < -0.4 is 16.0 Å². The topological polar surface area (TPSA) is 83.1 Å². The molecule has 0 fully saturated rings. The lowest BCUT2D eigenvalue weighted by molar-refractivity contribution is -0.142. The first kappa shape index (κ1) is 28.8. The number of unbranched alkanes of at least 4 members (excludes halogenated alkanes) is 1. The maximum atomic E-state index is 13.3. The van der Waals surface area contributed by atoms with Crippen LogP contribution in [0.2, 0.25) is 5.02 Å². The molecule has 1 heterocycles. The summed E-state index contributed by atoms with van der Waals surface area (Å²) in [7, 11) is 0. The molecule has 0 aliphatic heterocycles. The highest BCUT2D eigenvalue weighted by Crippen LogP contribution is 2.39. The highest BCUT2D eigenvalue weighted by molar-refractivity contribution is 6.30. The van der Waals surface area contributed by atoms with Crippen LogP contribution in [0, 0.1) is 0 Å². The number of anilines is 2. The van der Waals surface area contributed by atoms with Crippen LogP contribution in [0.3, 0.4) is 0 Å². The molecule has 3 N–H and O–H groups in total. The molecule has 0 unspecified atom stereocenters. The van der Waals surface area contributed by atoms with E-state index in [-0.39, 0.29) is 24.2 Å². The van der Waals surface area contributed by atoms with E-state index < -0.39 is 40.9 Å². The molecule has 3 aromatic rings. The van der Waals surface area contributed by atoms with Crippen molar-refractivity contribution in [2.75, 3.05) is 23.7 Å². The number of amides is 2. The van der Waals surface area contributed by atoms with E-state index in [1.807, 2.05) is 0 Å². The highest BCUT2D eigenvalue weighted by Gasteiger charge is 2.37. The van der Waals surface area contributed by atoms with E-state index in [0.717, 1.165) is 18.2 Å². The summed E-state index contributed by atoms with van der Waals surface area (Å²) in [5.74, 6) is -1.07. The van der Waals surface area contributed by atoms with Crippen molar-refractivity contribution in [1.29, 1.82) is 0 Å². The molecule has 38 heavy (non-hydrogen) atoms. The Morgan fingerprint density at radius 3 is 2.24 bits per heavy atom. The molecule has 202 valence electrons. The molecular formula is C25H21ClF6N4O2. The number of halogens is 7. The molecule has 1 aromatic heterocycles. The zero-order valence-electron chi connectivity index (χ0n) is 19.5. The van der Waals surface area contributed by atoms with Crippen LogP contribution in [0.4, 0.5) is 37.7 Å². The van der Waals surface area contributed by atoms with Gasteiger partial charge in [0.2, 0.25) is 11.8 Å². The minimum Gasteiger partial charge on any atom is -0.384 e. The van der Waals surface area contributed by atoms with E-state index in [0.29, 0.717) is 35.7 Å². The number of benzene rings is 2. The van der Waals surface area contributed by atoms with Gasteiger partial charge in [-0.15, -0.1) is 0 Å². The van der Waals surface area contributed by atoms with Crippen LogP contribution in [0.15, 0.2) is 60.7 Å². The number of nitrogens with one attached hydrogen (secondary N) is 3. The van der Waals surface area contributed by atoms with Gasteiger partial charge in [-0.05, 0) is 43.2 Å². The Labute approximate surface area is 218 Å². The van der Waals surface area contributed by atoms with Gasteiger partial charge >= 0.3 is 12.4 Å². The molecular weight excluding hydrogens is 538 g/mol. The fourth-order valence-corrected chi connectivity index (χ4v) is 3.60. The Morgan fingerprint density at radius 2 is 1.55 bits per heavy atom. The third-order valence-electron chi connectivity index (χ3n) is 5.13. The van der Waals surface area contributed by atoms with E-state index >= 15 is 0 Å². The minimum atomic E-state index is -4.94. The molecule has 0 saturated carbocycles. The van der Waals surface area contributed by atoms with Gasteiger partial charge in [0.05, 0.1) is 11.1 Å². The van der Waals surface area contributed by atoms with Crippen LogP contribution in [0.25, 0.3) is 10.9 Å². The average molecular weight is 559 g/mol. The lowest BCUT2D eigenvalue weighted by atomic mass is 10.1. The third-order valence-corrected chi connectivity index (χ3v) is 5.37. The molecule has 6 nitrogen and oxygen atoms in total. The largest absolute Gasteiger partial charge is 0.433 e. The second kappa shape index (κ2) is 12.2. The zero-order valence-corrected chi connectivity index (χ0v) is 20.3. The molecule has 0 radical (unpaired) electrons. The van der Waals surface area contributed by atoms with Crippen molar-refractivity contribution in [2.45, 2.75) is 25.2 Å². The zero-order chi connectivity index (χ0) is 27.9. The number of carbonyl (C=O) groups excluding carboxylic acids is 2. The average Bonchev–Trinajstić information content (AvgIpc) is 2.83. The first-order valence-electron chi connectivity index (χ1n) is 11.2. The summed E-state index contributed by atoms with van der Waals surface area (Å²) >= 11 is 5.83. The van der Waals surface area contributed by atoms with E-state index in [2.05, 4.69) is 20.9 Å². The standard InChI is InChI=1S/C25H21ClF6N4O2/c26-15-5-3-6-16(13-15)35-22(38)10-9-21(37)34-12-2-1-11-33-19-14-20(25(30,31)32)36-23-17(19)7-4-8-18(23)24(27,28)29/h3-10,13-14H,1-2,11-12H2,(H,33,36)(H,34,37)(H,35,38)/b10-9+. The second-order valence-corrected chi connectivity index (χ2v) is 8.45. The van der Waals surface area contributed by atoms with Gasteiger partial charge in [-0.3, -0.25) is 9.59 Å².